The van der Waals surface area contributed by atoms with E-state index in [0.717, 1.165) is 18.4 Å². The highest BCUT2D eigenvalue weighted by Crippen LogP contribution is 2.24. The third-order valence-electron chi connectivity index (χ3n) is 4.28. The van der Waals surface area contributed by atoms with Crippen LogP contribution in [0.15, 0.2) is 53.5 Å². The quantitative estimate of drug-likeness (QED) is 0.245. The van der Waals surface area contributed by atoms with Crippen LogP contribution in [0.25, 0.3) is 0 Å². The summed E-state index contributed by atoms with van der Waals surface area (Å²) in [6, 6.07) is 12.8. The normalized spacial score (nSPS) is 13.7. The van der Waals surface area contributed by atoms with Gasteiger partial charge < -0.3 is 25.8 Å². The molecule has 0 radical (unpaired) electrons. The van der Waals surface area contributed by atoms with Crippen LogP contribution in [0, 0.1) is 0 Å². The van der Waals surface area contributed by atoms with Crippen LogP contribution >= 0.6 is 24.0 Å². The van der Waals surface area contributed by atoms with E-state index in [-0.39, 0.29) is 48.2 Å². The number of alkyl halides is 3. The van der Waals surface area contributed by atoms with Crippen LogP contribution in [0.2, 0.25) is 0 Å². The number of hydrogen-bond donors (Lipinski definition) is 3. The van der Waals surface area contributed by atoms with Crippen LogP contribution in [0.3, 0.4) is 0 Å². The number of nitrogens with two attached hydrogens (primary N) is 1. The Morgan fingerprint density at radius 1 is 1.06 bits per heavy atom. The summed E-state index contributed by atoms with van der Waals surface area (Å²) in [4.78, 5) is 15.8. The third kappa shape index (κ3) is 9.62. The Morgan fingerprint density at radius 2 is 1.69 bits per heavy atom. The van der Waals surface area contributed by atoms with E-state index in [4.69, 9.17) is 10.5 Å². The zero-order chi connectivity index (χ0) is 22.3. The predicted molar refractivity (Wildman–Crippen MR) is 125 cm³/mol. The molecule has 1 amide bonds. The van der Waals surface area contributed by atoms with Gasteiger partial charge in [-0.15, -0.1) is 37.1 Å². The molecular formula is C21H24F3IN4O3. The first-order chi connectivity index (χ1) is 14.8. The largest absolute Gasteiger partial charge is 0.573 e. The van der Waals surface area contributed by atoms with Crippen molar-refractivity contribution in [2.24, 2.45) is 10.7 Å². The molecule has 0 bridgehead atoms. The van der Waals surface area contributed by atoms with Crippen molar-refractivity contribution in [3.63, 3.8) is 0 Å². The van der Waals surface area contributed by atoms with Gasteiger partial charge in [0.25, 0.3) is 5.91 Å². The van der Waals surface area contributed by atoms with Crippen molar-refractivity contribution < 1.29 is 27.4 Å². The third-order valence-corrected chi connectivity index (χ3v) is 4.28. The van der Waals surface area contributed by atoms with E-state index in [0.29, 0.717) is 30.4 Å². The molecule has 174 valence electrons. The van der Waals surface area contributed by atoms with Crippen LogP contribution in [0.1, 0.15) is 18.4 Å². The number of carbonyl (C=O) groups is 1. The fraction of sp³-hybridized carbons (Fsp3) is 0.333. The Balaban J connectivity index is 0.00000363. The summed E-state index contributed by atoms with van der Waals surface area (Å²) in [7, 11) is 0. The van der Waals surface area contributed by atoms with Crippen molar-refractivity contribution in [1.82, 2.24) is 5.32 Å². The molecule has 11 heteroatoms. The highest BCUT2D eigenvalue weighted by atomic mass is 127. The molecule has 0 saturated heterocycles. The van der Waals surface area contributed by atoms with E-state index in [9.17, 15) is 18.0 Å². The smallest absolute Gasteiger partial charge is 0.484 e. The molecule has 1 aliphatic rings. The van der Waals surface area contributed by atoms with Gasteiger partial charge in [0, 0.05) is 18.3 Å². The summed E-state index contributed by atoms with van der Waals surface area (Å²) in [5.41, 5.74) is 7.31. The molecular weight excluding hydrogens is 540 g/mol. The van der Waals surface area contributed by atoms with E-state index in [2.05, 4.69) is 20.4 Å². The monoisotopic (exact) mass is 564 g/mol. The second-order valence-electron chi connectivity index (χ2n) is 6.99. The molecule has 0 aromatic heterocycles. The van der Waals surface area contributed by atoms with Gasteiger partial charge in [0.15, 0.2) is 12.6 Å². The average molecular weight is 564 g/mol. The molecule has 0 heterocycles. The summed E-state index contributed by atoms with van der Waals surface area (Å²) in [6.07, 6.45) is -2.04. The van der Waals surface area contributed by atoms with Gasteiger partial charge in [0.1, 0.15) is 11.5 Å². The minimum absolute atomic E-state index is 0. The van der Waals surface area contributed by atoms with Gasteiger partial charge in [-0.1, -0.05) is 12.1 Å². The second-order valence-corrected chi connectivity index (χ2v) is 6.99. The van der Waals surface area contributed by atoms with Crippen LogP contribution in [-0.2, 0) is 11.2 Å². The molecule has 1 saturated carbocycles. The zero-order valence-corrected chi connectivity index (χ0v) is 19.4. The first-order valence-electron chi connectivity index (χ1n) is 9.71. The summed E-state index contributed by atoms with van der Waals surface area (Å²) in [5, 5.41) is 5.66. The van der Waals surface area contributed by atoms with Crippen LogP contribution in [-0.4, -0.2) is 37.4 Å². The fourth-order valence-electron chi connectivity index (χ4n) is 2.63. The number of anilines is 1. The Bertz CT molecular complexity index is 902. The van der Waals surface area contributed by atoms with Crippen molar-refractivity contribution >= 4 is 41.5 Å². The molecule has 2 aromatic rings. The Labute approximate surface area is 200 Å². The molecule has 3 rings (SSSR count). The number of carbonyl (C=O) groups excluding carboxylic acids is 1. The molecule has 0 atom stereocenters. The molecule has 0 spiro atoms. The van der Waals surface area contributed by atoms with Gasteiger partial charge in [-0.05, 0) is 61.2 Å². The first-order valence-corrected chi connectivity index (χ1v) is 9.71. The van der Waals surface area contributed by atoms with Crippen molar-refractivity contribution in [2.75, 3.05) is 18.5 Å². The average Bonchev–Trinajstić information content (AvgIpc) is 3.52. The van der Waals surface area contributed by atoms with E-state index < -0.39 is 6.36 Å². The summed E-state index contributed by atoms with van der Waals surface area (Å²) < 4.78 is 45.8. The number of ether oxygens (including phenoxy) is 2. The zero-order valence-electron chi connectivity index (χ0n) is 17.0. The Hall–Kier alpha value is -2.70. The standard InChI is InChI=1S/C21H23F3N4O3.HI/c22-21(23,24)31-18-9-5-16(6-10-18)28-20(25)26-12-11-14-1-7-17(8-2-14)30-13-19(29)27-15-3-4-15;/h1-2,5-10,15H,3-4,11-13H2,(H,27,29)(H3,25,26,28);1H. The van der Waals surface area contributed by atoms with E-state index in [1.165, 1.54) is 24.3 Å². The van der Waals surface area contributed by atoms with Gasteiger partial charge in [0.05, 0.1) is 0 Å². The van der Waals surface area contributed by atoms with E-state index >= 15 is 0 Å². The maximum Gasteiger partial charge on any atom is 0.573 e. The van der Waals surface area contributed by atoms with Crippen molar-refractivity contribution in [1.29, 1.82) is 0 Å². The number of hydrogen-bond acceptors (Lipinski definition) is 4. The van der Waals surface area contributed by atoms with Crippen molar-refractivity contribution in [2.45, 2.75) is 31.7 Å². The van der Waals surface area contributed by atoms with Gasteiger partial charge >= 0.3 is 6.36 Å². The Morgan fingerprint density at radius 3 is 2.28 bits per heavy atom. The van der Waals surface area contributed by atoms with Crippen LogP contribution in [0.5, 0.6) is 11.5 Å². The first kappa shape index (κ1) is 25.6. The van der Waals surface area contributed by atoms with E-state index in [1.54, 1.807) is 12.1 Å². The van der Waals surface area contributed by atoms with Crippen LogP contribution in [0.4, 0.5) is 18.9 Å². The summed E-state index contributed by atoms with van der Waals surface area (Å²) in [6.45, 7) is 0.407. The molecule has 7 nitrogen and oxygen atoms in total. The number of guanidine groups is 1. The van der Waals surface area contributed by atoms with Crippen molar-refractivity contribution in [3.05, 3.63) is 54.1 Å². The highest BCUT2D eigenvalue weighted by Gasteiger charge is 2.30. The summed E-state index contributed by atoms with van der Waals surface area (Å²) >= 11 is 0. The topological polar surface area (TPSA) is 98.0 Å². The molecule has 4 N–H and O–H groups in total. The van der Waals surface area contributed by atoms with Gasteiger partial charge in [0.2, 0.25) is 0 Å². The lowest BCUT2D eigenvalue weighted by Gasteiger charge is -2.10. The summed E-state index contributed by atoms with van der Waals surface area (Å²) in [5.74, 6) is 0.319. The molecule has 1 aliphatic carbocycles. The lowest BCUT2D eigenvalue weighted by Crippen LogP contribution is -2.30. The van der Waals surface area contributed by atoms with Gasteiger partial charge in [-0.3, -0.25) is 9.79 Å². The lowest BCUT2D eigenvalue weighted by molar-refractivity contribution is -0.274. The number of rotatable bonds is 9. The molecule has 32 heavy (non-hydrogen) atoms. The minimum Gasteiger partial charge on any atom is -0.484 e. The number of halogens is 4. The number of nitrogens with one attached hydrogen (secondary N) is 2. The van der Waals surface area contributed by atoms with Gasteiger partial charge in [-0.2, -0.15) is 0 Å². The Kier molecular flexibility index (Phi) is 9.42. The highest BCUT2D eigenvalue weighted by molar-refractivity contribution is 14.0. The minimum atomic E-state index is -4.73. The maximum atomic E-state index is 12.2. The SMILES string of the molecule is I.NC(=NCCc1ccc(OCC(=O)NC2CC2)cc1)Nc1ccc(OC(F)(F)F)cc1. The predicted octanol–water partition coefficient (Wildman–Crippen LogP) is 3.83. The number of amides is 1. The molecule has 0 unspecified atom stereocenters. The maximum absolute atomic E-state index is 12.2. The van der Waals surface area contributed by atoms with Gasteiger partial charge in [-0.25, -0.2) is 0 Å². The van der Waals surface area contributed by atoms with Crippen molar-refractivity contribution in [3.8, 4) is 11.5 Å². The molecule has 0 aliphatic heterocycles. The second kappa shape index (κ2) is 11.8. The number of benzene rings is 2. The number of nitrogens with zero attached hydrogens (tertiary/aromatic N) is 1. The lowest BCUT2D eigenvalue weighted by atomic mass is 10.1. The number of aliphatic imine (C=N–C) groups is 1. The van der Waals surface area contributed by atoms with E-state index in [1.807, 2.05) is 12.1 Å². The molecule has 2 aromatic carbocycles. The fourth-order valence-corrected chi connectivity index (χ4v) is 2.63. The molecule has 1 fully saturated rings. The van der Waals surface area contributed by atoms with Crippen LogP contribution < -0.4 is 25.8 Å².